The number of aliphatic hydroxyl groups is 1. The Kier molecular flexibility index (Phi) is 4.99. The van der Waals surface area contributed by atoms with Crippen LogP contribution in [-0.2, 0) is 6.54 Å². The molecule has 0 saturated carbocycles. The van der Waals surface area contributed by atoms with Crippen molar-refractivity contribution >= 4 is 23.2 Å². The van der Waals surface area contributed by atoms with Crippen molar-refractivity contribution in [2.24, 2.45) is 0 Å². The molecule has 0 aliphatic heterocycles. The van der Waals surface area contributed by atoms with Gasteiger partial charge in [0, 0.05) is 23.9 Å². The number of aryl methyl sites for hydroxylation is 1. The summed E-state index contributed by atoms with van der Waals surface area (Å²) in [6, 6.07) is 4.82. The molecule has 21 heavy (non-hydrogen) atoms. The Morgan fingerprint density at radius 2 is 2.33 bits per heavy atom. The van der Waals surface area contributed by atoms with Crippen molar-refractivity contribution in [3.05, 3.63) is 46.7 Å². The Balaban J connectivity index is 2.14. The first-order valence-corrected chi connectivity index (χ1v) is 6.75. The normalized spacial score (nSPS) is 9.86. The minimum absolute atomic E-state index is 0.236. The second-order valence-electron chi connectivity index (χ2n) is 4.19. The maximum atomic E-state index is 12.1. The van der Waals surface area contributed by atoms with Crippen LogP contribution in [0.15, 0.2) is 30.6 Å². The number of carbonyl (C=O) groups is 1. The predicted octanol–water partition coefficient (Wildman–Crippen LogP) is 2.15. The van der Waals surface area contributed by atoms with Gasteiger partial charge in [-0.05, 0) is 25.1 Å². The highest BCUT2D eigenvalue weighted by molar-refractivity contribution is 6.32. The first kappa shape index (κ1) is 15.1. The molecule has 1 aromatic carbocycles. The van der Waals surface area contributed by atoms with E-state index in [0.29, 0.717) is 21.8 Å². The Bertz CT molecular complexity index is 713. The number of anilines is 1. The fourth-order valence-electron chi connectivity index (χ4n) is 1.70. The summed E-state index contributed by atoms with van der Waals surface area (Å²) in [4.78, 5) is 12.1. The summed E-state index contributed by atoms with van der Waals surface area (Å²) in [6.45, 7) is 2.46. The zero-order valence-corrected chi connectivity index (χ0v) is 12.2. The molecule has 0 fully saturated rings. The highest BCUT2D eigenvalue weighted by atomic mass is 35.5. The molecule has 0 saturated heterocycles. The largest absolute Gasteiger partial charge is 0.384 e. The smallest absolute Gasteiger partial charge is 0.255 e. The van der Waals surface area contributed by atoms with Crippen molar-refractivity contribution in [1.29, 1.82) is 0 Å². The Hall–Kier alpha value is -2.29. The van der Waals surface area contributed by atoms with Crippen LogP contribution in [0.25, 0.3) is 0 Å². The number of aliphatic hydroxyl groups excluding tert-OH is 1. The molecular formula is C15H14ClN3O2. The van der Waals surface area contributed by atoms with Crippen LogP contribution in [0.4, 0.5) is 5.69 Å². The molecule has 0 aliphatic carbocycles. The van der Waals surface area contributed by atoms with E-state index in [4.69, 9.17) is 16.7 Å². The van der Waals surface area contributed by atoms with Crippen molar-refractivity contribution in [1.82, 2.24) is 9.78 Å². The molecule has 0 unspecified atom stereocenters. The maximum Gasteiger partial charge on any atom is 0.255 e. The summed E-state index contributed by atoms with van der Waals surface area (Å²) in [6.07, 6.45) is 3.34. The van der Waals surface area contributed by atoms with Gasteiger partial charge in [0.05, 0.1) is 16.9 Å². The Morgan fingerprint density at radius 3 is 2.95 bits per heavy atom. The summed E-state index contributed by atoms with van der Waals surface area (Å²) in [7, 11) is 0. The molecule has 2 rings (SSSR count). The lowest BCUT2D eigenvalue weighted by Crippen LogP contribution is -2.11. The average molecular weight is 304 g/mol. The van der Waals surface area contributed by atoms with E-state index in [0.717, 1.165) is 6.54 Å². The summed E-state index contributed by atoms with van der Waals surface area (Å²) in [5, 5.41) is 15.9. The van der Waals surface area contributed by atoms with Crippen LogP contribution in [0, 0.1) is 11.8 Å². The van der Waals surface area contributed by atoms with Gasteiger partial charge in [-0.15, -0.1) is 0 Å². The zero-order valence-electron chi connectivity index (χ0n) is 11.4. The third kappa shape index (κ3) is 3.85. The van der Waals surface area contributed by atoms with Crippen molar-refractivity contribution in [3.8, 4) is 11.8 Å². The van der Waals surface area contributed by atoms with Gasteiger partial charge in [0.2, 0.25) is 0 Å². The predicted molar refractivity (Wildman–Crippen MR) is 81.3 cm³/mol. The molecule has 0 radical (unpaired) electrons. The molecule has 0 aliphatic rings. The van der Waals surface area contributed by atoms with E-state index in [1.54, 1.807) is 35.3 Å². The van der Waals surface area contributed by atoms with Gasteiger partial charge in [-0.1, -0.05) is 23.4 Å². The zero-order chi connectivity index (χ0) is 15.2. The second kappa shape index (κ2) is 6.93. The van der Waals surface area contributed by atoms with Crippen molar-refractivity contribution in [2.45, 2.75) is 13.5 Å². The van der Waals surface area contributed by atoms with Gasteiger partial charge in [0.25, 0.3) is 5.91 Å². The summed E-state index contributed by atoms with van der Waals surface area (Å²) in [5.41, 5.74) is 1.63. The van der Waals surface area contributed by atoms with E-state index in [1.807, 2.05) is 6.92 Å². The van der Waals surface area contributed by atoms with Gasteiger partial charge in [-0.25, -0.2) is 0 Å². The second-order valence-corrected chi connectivity index (χ2v) is 4.60. The highest BCUT2D eigenvalue weighted by Gasteiger charge is 2.09. The van der Waals surface area contributed by atoms with E-state index >= 15 is 0 Å². The van der Waals surface area contributed by atoms with E-state index in [1.165, 1.54) is 0 Å². The topological polar surface area (TPSA) is 67.2 Å². The molecule has 5 nitrogen and oxygen atoms in total. The van der Waals surface area contributed by atoms with Gasteiger partial charge in [-0.3, -0.25) is 9.48 Å². The number of aromatic nitrogens is 2. The number of nitrogens with one attached hydrogen (secondary N) is 1. The van der Waals surface area contributed by atoms with Crippen molar-refractivity contribution in [2.75, 3.05) is 11.9 Å². The lowest BCUT2D eigenvalue weighted by molar-refractivity contribution is 0.102. The van der Waals surface area contributed by atoms with Gasteiger partial charge in [0.1, 0.15) is 6.61 Å². The van der Waals surface area contributed by atoms with Gasteiger partial charge < -0.3 is 10.4 Å². The van der Waals surface area contributed by atoms with Crippen LogP contribution in [0.5, 0.6) is 0 Å². The number of rotatable bonds is 3. The number of amides is 1. The van der Waals surface area contributed by atoms with Crippen LogP contribution in [0.2, 0.25) is 5.02 Å². The Labute approximate surface area is 127 Å². The van der Waals surface area contributed by atoms with Crippen molar-refractivity contribution < 1.29 is 9.90 Å². The van der Waals surface area contributed by atoms with Crippen LogP contribution in [0.1, 0.15) is 22.8 Å². The average Bonchev–Trinajstić information content (AvgIpc) is 2.93. The quantitative estimate of drug-likeness (QED) is 0.854. The highest BCUT2D eigenvalue weighted by Crippen LogP contribution is 2.18. The SMILES string of the molecule is CCn1cc(NC(=O)c2ccc(C#CCO)c(Cl)c2)cn1. The molecule has 0 spiro atoms. The van der Waals surface area contributed by atoms with Crippen LogP contribution >= 0.6 is 11.6 Å². The number of halogens is 1. The fraction of sp³-hybridized carbons (Fsp3) is 0.200. The van der Waals surface area contributed by atoms with Gasteiger partial charge >= 0.3 is 0 Å². The minimum Gasteiger partial charge on any atom is -0.384 e. The molecule has 2 aromatic rings. The van der Waals surface area contributed by atoms with Crippen LogP contribution in [-0.4, -0.2) is 27.4 Å². The molecule has 1 heterocycles. The summed E-state index contributed by atoms with van der Waals surface area (Å²) in [5.74, 6) is 4.96. The van der Waals surface area contributed by atoms with Crippen LogP contribution in [0.3, 0.4) is 0 Å². The van der Waals surface area contributed by atoms with E-state index < -0.39 is 0 Å². The minimum atomic E-state index is -0.269. The number of benzene rings is 1. The lowest BCUT2D eigenvalue weighted by atomic mass is 10.1. The van der Waals surface area contributed by atoms with E-state index in [-0.39, 0.29) is 12.5 Å². The third-order valence-corrected chi connectivity index (χ3v) is 3.06. The number of hydrogen-bond donors (Lipinski definition) is 2. The molecule has 6 heteroatoms. The van der Waals surface area contributed by atoms with E-state index in [9.17, 15) is 4.79 Å². The molecule has 108 valence electrons. The molecule has 2 N–H and O–H groups in total. The molecule has 0 bridgehead atoms. The summed E-state index contributed by atoms with van der Waals surface area (Å²) < 4.78 is 1.72. The first-order chi connectivity index (χ1) is 10.1. The monoisotopic (exact) mass is 303 g/mol. The molecule has 0 atom stereocenters. The van der Waals surface area contributed by atoms with Gasteiger partial charge in [-0.2, -0.15) is 5.10 Å². The third-order valence-electron chi connectivity index (χ3n) is 2.75. The van der Waals surface area contributed by atoms with Gasteiger partial charge in [0.15, 0.2) is 0 Å². The molecule has 1 aromatic heterocycles. The molecule has 1 amide bonds. The number of hydrogen-bond acceptors (Lipinski definition) is 3. The lowest BCUT2D eigenvalue weighted by Gasteiger charge is -2.04. The van der Waals surface area contributed by atoms with Crippen LogP contribution < -0.4 is 5.32 Å². The standard InChI is InChI=1S/C15H14ClN3O2/c1-2-19-10-13(9-17-19)18-15(21)12-6-5-11(4-3-7-20)14(16)8-12/h5-6,8-10,20H,2,7H2,1H3,(H,18,21). The number of nitrogens with zero attached hydrogens (tertiary/aromatic N) is 2. The summed E-state index contributed by atoms with van der Waals surface area (Å²) >= 11 is 6.06. The Morgan fingerprint density at radius 1 is 1.52 bits per heavy atom. The van der Waals surface area contributed by atoms with Crippen molar-refractivity contribution in [3.63, 3.8) is 0 Å². The maximum absolute atomic E-state index is 12.1. The van der Waals surface area contributed by atoms with E-state index in [2.05, 4.69) is 22.3 Å². The first-order valence-electron chi connectivity index (χ1n) is 6.37. The fourth-order valence-corrected chi connectivity index (χ4v) is 1.92. The number of carbonyl (C=O) groups excluding carboxylic acids is 1. The molecular weight excluding hydrogens is 290 g/mol.